The number of hydrogen-bond donors (Lipinski definition) is 0. The van der Waals surface area contributed by atoms with Crippen molar-refractivity contribution in [1.29, 1.82) is 0 Å². The fourth-order valence-electron chi connectivity index (χ4n) is 4.30. The smallest absolute Gasteiger partial charge is 0.410 e. The van der Waals surface area contributed by atoms with Gasteiger partial charge in [0.1, 0.15) is 34.4 Å². The zero-order valence-electron chi connectivity index (χ0n) is 20.6. The third-order valence-electron chi connectivity index (χ3n) is 5.90. The number of carbonyl (C=O) groups is 1. The minimum atomic E-state index is -0.548. The molecule has 0 N–H and O–H groups in total. The number of rotatable bonds is 2. The average molecular weight is 518 g/mol. The molecule has 1 aromatic carbocycles. The van der Waals surface area contributed by atoms with Crippen LogP contribution >= 0.6 is 23.2 Å². The summed E-state index contributed by atoms with van der Waals surface area (Å²) in [6.45, 7) is 9.99. The zero-order valence-corrected chi connectivity index (χ0v) is 22.1. The van der Waals surface area contributed by atoms with Crippen LogP contribution in [0.4, 0.5) is 4.79 Å². The molecule has 0 bridgehead atoms. The molecule has 1 amide bonds. The molecule has 2 aliphatic heterocycles. The second-order valence-corrected chi connectivity index (χ2v) is 10.3. The highest BCUT2D eigenvalue weighted by atomic mass is 35.5. The highest BCUT2D eigenvalue weighted by Gasteiger charge is 2.36. The van der Waals surface area contributed by atoms with E-state index < -0.39 is 5.60 Å². The Hall–Kier alpha value is -2.66. The maximum Gasteiger partial charge on any atom is 0.410 e. The number of ether oxygens (including phenoxy) is 3. The van der Waals surface area contributed by atoms with Gasteiger partial charge in [0.2, 0.25) is 0 Å². The number of aromatic nitrogens is 1. The van der Waals surface area contributed by atoms with Crippen LogP contribution in [-0.4, -0.2) is 65.9 Å². The Bertz CT molecular complexity index is 1200. The van der Waals surface area contributed by atoms with Crippen molar-refractivity contribution in [2.75, 3.05) is 33.4 Å². The summed E-state index contributed by atoms with van der Waals surface area (Å²) in [6, 6.07) is 5.35. The molecule has 3 heterocycles. The van der Waals surface area contributed by atoms with Gasteiger partial charge in [0.15, 0.2) is 0 Å². The van der Waals surface area contributed by atoms with Crippen LogP contribution in [0.15, 0.2) is 18.2 Å². The highest BCUT2D eigenvalue weighted by Crippen LogP contribution is 2.45. The maximum absolute atomic E-state index is 12.7. The molecule has 0 unspecified atom stereocenters. The predicted octanol–water partition coefficient (Wildman–Crippen LogP) is 5.25. The molecule has 0 saturated carbocycles. The van der Waals surface area contributed by atoms with Gasteiger partial charge in [0.05, 0.1) is 29.4 Å². The van der Waals surface area contributed by atoms with E-state index in [1.54, 1.807) is 31.1 Å². The zero-order chi connectivity index (χ0) is 25.3. The molecule has 1 atom stereocenters. The molecule has 9 heteroatoms. The van der Waals surface area contributed by atoms with Gasteiger partial charge < -0.3 is 19.1 Å². The summed E-state index contributed by atoms with van der Waals surface area (Å²) in [6.07, 6.45) is -0.316. The minimum absolute atomic E-state index is 0.0273. The lowest BCUT2D eigenvalue weighted by molar-refractivity contribution is -0.00155. The number of fused-ring (bicyclic) bond motifs is 2. The topological polar surface area (TPSA) is 64.1 Å². The Morgan fingerprint density at radius 3 is 2.71 bits per heavy atom. The van der Waals surface area contributed by atoms with Crippen molar-refractivity contribution in [3.8, 4) is 34.6 Å². The number of nitrogens with zero attached hydrogens (tertiary/aromatic N) is 3. The van der Waals surface area contributed by atoms with Crippen LogP contribution in [0.2, 0.25) is 10.0 Å². The number of piperazine rings is 1. The van der Waals surface area contributed by atoms with Gasteiger partial charge in [-0.05, 0) is 45.7 Å². The first-order valence-corrected chi connectivity index (χ1v) is 12.2. The molecule has 186 valence electrons. The van der Waals surface area contributed by atoms with E-state index in [0.29, 0.717) is 71.3 Å². The normalized spacial score (nSPS) is 17.8. The van der Waals surface area contributed by atoms with Crippen LogP contribution in [0, 0.1) is 11.8 Å². The number of amides is 1. The molecule has 2 aliphatic rings. The minimum Gasteiger partial charge on any atom is -0.496 e. The maximum atomic E-state index is 12.7. The lowest BCUT2D eigenvalue weighted by atomic mass is 10.0. The van der Waals surface area contributed by atoms with E-state index in [1.807, 2.05) is 26.8 Å². The lowest BCUT2D eigenvalue weighted by Crippen LogP contribution is -2.56. The molecule has 0 radical (unpaired) electrons. The van der Waals surface area contributed by atoms with Crippen molar-refractivity contribution in [2.24, 2.45) is 0 Å². The summed E-state index contributed by atoms with van der Waals surface area (Å²) < 4.78 is 17.4. The average Bonchev–Trinajstić information content (AvgIpc) is 2.99. The first-order chi connectivity index (χ1) is 16.6. The van der Waals surface area contributed by atoms with Crippen LogP contribution in [0.1, 0.15) is 39.0 Å². The van der Waals surface area contributed by atoms with Gasteiger partial charge in [0, 0.05) is 31.7 Å². The molecular formula is C26H29Cl2N3O4. The van der Waals surface area contributed by atoms with E-state index in [1.165, 1.54) is 0 Å². The fourth-order valence-corrected chi connectivity index (χ4v) is 4.86. The van der Waals surface area contributed by atoms with Crippen molar-refractivity contribution in [2.45, 2.75) is 45.9 Å². The number of pyridine rings is 1. The third-order valence-corrected chi connectivity index (χ3v) is 6.57. The van der Waals surface area contributed by atoms with E-state index in [9.17, 15) is 4.79 Å². The monoisotopic (exact) mass is 517 g/mol. The predicted molar refractivity (Wildman–Crippen MR) is 136 cm³/mol. The van der Waals surface area contributed by atoms with Gasteiger partial charge in [-0.3, -0.25) is 4.90 Å². The molecule has 1 saturated heterocycles. The molecule has 4 rings (SSSR count). The fraction of sp³-hybridized carbons (Fsp3) is 0.462. The second-order valence-electron chi connectivity index (χ2n) is 9.48. The Labute approximate surface area is 216 Å². The van der Waals surface area contributed by atoms with Crippen molar-refractivity contribution < 1.29 is 19.0 Å². The standard InChI is InChI=1S/C26H29Cl2N3O4/c1-6-8-19-17-14-30-11-12-31(25(32)35-26(2,3)4)13-16(30)15-34-24(17)22(28)23(29-19)21-18(27)9-7-10-20(21)33-5/h7,9-10,16H,11-15H2,1-5H3/t16-/m1/s1. The van der Waals surface area contributed by atoms with Gasteiger partial charge in [-0.25, -0.2) is 9.78 Å². The Kier molecular flexibility index (Phi) is 7.37. The number of benzene rings is 1. The van der Waals surface area contributed by atoms with Crippen molar-refractivity contribution in [3.05, 3.63) is 39.5 Å². The number of halogens is 2. The van der Waals surface area contributed by atoms with E-state index in [0.717, 1.165) is 5.56 Å². The van der Waals surface area contributed by atoms with Crippen LogP contribution in [0.3, 0.4) is 0 Å². The van der Waals surface area contributed by atoms with E-state index in [4.69, 9.17) is 42.4 Å². The summed E-state index contributed by atoms with van der Waals surface area (Å²) in [5.74, 6) is 7.15. The molecule has 7 nitrogen and oxygen atoms in total. The molecule has 0 aliphatic carbocycles. The Balaban J connectivity index is 1.70. The largest absolute Gasteiger partial charge is 0.496 e. The van der Waals surface area contributed by atoms with Crippen molar-refractivity contribution in [3.63, 3.8) is 0 Å². The summed E-state index contributed by atoms with van der Waals surface area (Å²) >= 11 is 13.4. The molecule has 0 spiro atoms. The SMILES string of the molecule is CC#Cc1nc(-c2c(Cl)cccc2OC)c(Cl)c2c1CN1CCN(C(=O)OC(C)(C)C)C[C@@H]1CO2. The second kappa shape index (κ2) is 10.1. The molecular weight excluding hydrogens is 489 g/mol. The van der Waals surface area contributed by atoms with Gasteiger partial charge >= 0.3 is 6.09 Å². The molecule has 1 fully saturated rings. The lowest BCUT2D eigenvalue weighted by Gasteiger charge is -2.40. The summed E-state index contributed by atoms with van der Waals surface area (Å²) in [5.41, 5.74) is 1.91. The molecule has 2 aromatic rings. The first kappa shape index (κ1) is 25.4. The van der Waals surface area contributed by atoms with Gasteiger partial charge in [0.25, 0.3) is 0 Å². The van der Waals surface area contributed by atoms with Crippen LogP contribution in [0.25, 0.3) is 11.3 Å². The number of hydrogen-bond acceptors (Lipinski definition) is 6. The number of methoxy groups -OCH3 is 1. The van der Waals surface area contributed by atoms with E-state index >= 15 is 0 Å². The highest BCUT2D eigenvalue weighted by molar-refractivity contribution is 6.37. The van der Waals surface area contributed by atoms with E-state index in [-0.39, 0.29) is 12.1 Å². The van der Waals surface area contributed by atoms with Gasteiger partial charge in [-0.15, -0.1) is 0 Å². The van der Waals surface area contributed by atoms with Crippen molar-refractivity contribution >= 4 is 29.3 Å². The van der Waals surface area contributed by atoms with Crippen LogP contribution in [0.5, 0.6) is 11.5 Å². The van der Waals surface area contributed by atoms with E-state index in [2.05, 4.69) is 16.7 Å². The molecule has 35 heavy (non-hydrogen) atoms. The first-order valence-electron chi connectivity index (χ1n) is 11.5. The van der Waals surface area contributed by atoms with Gasteiger partial charge in [-0.1, -0.05) is 35.2 Å². The Morgan fingerprint density at radius 1 is 1.26 bits per heavy atom. The quantitative estimate of drug-likeness (QED) is 0.507. The molecule has 1 aromatic heterocycles. The summed E-state index contributed by atoms with van der Waals surface area (Å²) in [5, 5.41) is 0.824. The summed E-state index contributed by atoms with van der Waals surface area (Å²) in [4.78, 5) is 21.5. The number of carbonyl (C=O) groups excluding carboxylic acids is 1. The summed E-state index contributed by atoms with van der Waals surface area (Å²) in [7, 11) is 1.57. The van der Waals surface area contributed by atoms with Crippen molar-refractivity contribution in [1.82, 2.24) is 14.8 Å². The third kappa shape index (κ3) is 5.30. The van der Waals surface area contributed by atoms with Crippen LogP contribution in [-0.2, 0) is 11.3 Å². The van der Waals surface area contributed by atoms with Gasteiger partial charge in [-0.2, -0.15) is 0 Å². The Morgan fingerprint density at radius 2 is 2.03 bits per heavy atom. The van der Waals surface area contributed by atoms with Crippen LogP contribution < -0.4 is 9.47 Å².